The predicted octanol–water partition coefficient (Wildman–Crippen LogP) is 3.62. The first-order chi connectivity index (χ1) is 10.8. The summed E-state index contributed by atoms with van der Waals surface area (Å²) in [5.41, 5.74) is 2.13. The molecule has 124 valence electrons. The van der Waals surface area contributed by atoms with Crippen LogP contribution < -0.4 is 0 Å². The van der Waals surface area contributed by atoms with Crippen LogP contribution >= 0.6 is 0 Å². The summed E-state index contributed by atoms with van der Waals surface area (Å²) in [5, 5.41) is 4.29. The van der Waals surface area contributed by atoms with Crippen LogP contribution in [-0.4, -0.2) is 39.1 Å². The van der Waals surface area contributed by atoms with E-state index in [1.165, 1.54) is 12.1 Å². The molecule has 2 aromatic rings. The molecule has 1 aromatic carbocycles. The predicted molar refractivity (Wildman–Crippen MR) is 89.6 cm³/mol. The normalized spacial score (nSPS) is 11.7. The summed E-state index contributed by atoms with van der Waals surface area (Å²) in [5.74, 6) is -0.238. The fourth-order valence-electron chi connectivity index (χ4n) is 2.74. The molecule has 23 heavy (non-hydrogen) atoms. The number of carbonyl (C=O) groups is 1. The number of aromatic nitrogens is 2. The molecule has 0 atom stereocenters. The summed E-state index contributed by atoms with van der Waals surface area (Å²) in [7, 11) is 0. The second kappa shape index (κ2) is 7.04. The largest absolute Gasteiger partial charge is 0.293 e. The highest BCUT2D eigenvalue weighted by Gasteiger charge is 2.21. The number of rotatable bonds is 6. The van der Waals surface area contributed by atoms with Gasteiger partial charge < -0.3 is 0 Å². The molecule has 5 heteroatoms. The number of nitrogens with zero attached hydrogens (tertiary/aromatic N) is 3. The zero-order chi connectivity index (χ0) is 17.1. The number of hydrogen-bond donors (Lipinski definition) is 0. The Bertz CT molecular complexity index is 666. The van der Waals surface area contributed by atoms with Crippen molar-refractivity contribution in [1.29, 1.82) is 0 Å². The first-order valence-corrected chi connectivity index (χ1v) is 7.90. The van der Waals surface area contributed by atoms with E-state index in [4.69, 9.17) is 0 Å². The van der Waals surface area contributed by atoms with Gasteiger partial charge in [0, 0.05) is 12.1 Å². The van der Waals surface area contributed by atoms with Gasteiger partial charge >= 0.3 is 0 Å². The molecule has 0 amide bonds. The molecule has 4 nitrogen and oxygen atoms in total. The Labute approximate surface area is 136 Å². The molecule has 0 fully saturated rings. The van der Waals surface area contributed by atoms with Crippen LogP contribution in [0, 0.1) is 12.7 Å². The third-order valence-corrected chi connectivity index (χ3v) is 4.03. The van der Waals surface area contributed by atoms with Gasteiger partial charge in [-0.25, -0.2) is 9.07 Å². The zero-order valence-corrected chi connectivity index (χ0v) is 14.4. The molecule has 0 aliphatic carbocycles. The van der Waals surface area contributed by atoms with Gasteiger partial charge in [0.1, 0.15) is 5.82 Å². The highest BCUT2D eigenvalue weighted by atomic mass is 19.1. The number of benzene rings is 1. The Hall–Kier alpha value is -2.01. The van der Waals surface area contributed by atoms with E-state index in [0.29, 0.717) is 24.2 Å². The minimum Gasteiger partial charge on any atom is -0.293 e. The van der Waals surface area contributed by atoms with Crippen molar-refractivity contribution >= 4 is 5.78 Å². The third kappa shape index (κ3) is 3.85. The number of carbonyl (C=O) groups excluding carboxylic acids is 1. The van der Waals surface area contributed by atoms with E-state index >= 15 is 0 Å². The van der Waals surface area contributed by atoms with Crippen molar-refractivity contribution in [3.8, 4) is 5.69 Å². The van der Waals surface area contributed by atoms with Gasteiger partial charge in [-0.3, -0.25) is 9.69 Å². The van der Waals surface area contributed by atoms with Crippen molar-refractivity contribution in [3.05, 3.63) is 47.5 Å². The van der Waals surface area contributed by atoms with Crippen LogP contribution in [0.1, 0.15) is 43.7 Å². The maximum Gasteiger partial charge on any atom is 0.180 e. The minimum atomic E-state index is -0.292. The van der Waals surface area contributed by atoms with Gasteiger partial charge in [-0.2, -0.15) is 5.10 Å². The molecule has 0 unspecified atom stereocenters. The lowest BCUT2D eigenvalue weighted by atomic mass is 10.1. The van der Waals surface area contributed by atoms with Crippen LogP contribution in [0.25, 0.3) is 5.69 Å². The van der Waals surface area contributed by atoms with Crippen molar-refractivity contribution in [2.75, 3.05) is 6.54 Å². The van der Waals surface area contributed by atoms with Gasteiger partial charge in [0.25, 0.3) is 0 Å². The van der Waals surface area contributed by atoms with E-state index in [1.54, 1.807) is 23.0 Å². The summed E-state index contributed by atoms with van der Waals surface area (Å²) in [6.07, 6.45) is 1.60. The SMILES string of the molecule is Cc1c(C(=O)CN(C(C)C)C(C)C)cnn1-c1ccc(F)cc1. The number of halogens is 1. The third-order valence-electron chi connectivity index (χ3n) is 4.03. The molecule has 0 saturated carbocycles. The molecule has 0 bridgehead atoms. The van der Waals surface area contributed by atoms with Crippen LogP contribution in [0.4, 0.5) is 4.39 Å². The quantitative estimate of drug-likeness (QED) is 0.764. The fraction of sp³-hybridized carbons (Fsp3) is 0.444. The molecule has 0 saturated heterocycles. The molecule has 0 aliphatic rings. The second-order valence-corrected chi connectivity index (χ2v) is 6.31. The zero-order valence-electron chi connectivity index (χ0n) is 14.4. The monoisotopic (exact) mass is 317 g/mol. The van der Waals surface area contributed by atoms with Crippen molar-refractivity contribution in [1.82, 2.24) is 14.7 Å². The number of Topliss-reactive ketones (excluding diaryl/α,β-unsaturated/α-hetero) is 1. The van der Waals surface area contributed by atoms with E-state index in [2.05, 4.69) is 37.7 Å². The average molecular weight is 317 g/mol. The number of hydrogen-bond acceptors (Lipinski definition) is 3. The summed E-state index contributed by atoms with van der Waals surface area (Å²) in [6.45, 7) is 10.6. The van der Waals surface area contributed by atoms with E-state index in [-0.39, 0.29) is 11.6 Å². The molecule has 0 aliphatic heterocycles. The van der Waals surface area contributed by atoms with E-state index in [1.807, 2.05) is 6.92 Å². The molecule has 1 heterocycles. The topological polar surface area (TPSA) is 38.1 Å². The van der Waals surface area contributed by atoms with Crippen molar-refractivity contribution < 1.29 is 9.18 Å². The summed E-state index contributed by atoms with van der Waals surface area (Å²) < 4.78 is 14.7. The van der Waals surface area contributed by atoms with Crippen molar-refractivity contribution in [3.63, 3.8) is 0 Å². The fourth-order valence-corrected chi connectivity index (χ4v) is 2.74. The van der Waals surface area contributed by atoms with Gasteiger partial charge in [0.05, 0.1) is 29.7 Å². The Kier molecular flexibility index (Phi) is 5.31. The van der Waals surface area contributed by atoms with Crippen LogP contribution in [0.15, 0.2) is 30.5 Å². The van der Waals surface area contributed by atoms with Gasteiger partial charge in [-0.1, -0.05) is 0 Å². The van der Waals surface area contributed by atoms with Crippen LogP contribution in [-0.2, 0) is 0 Å². The lowest BCUT2D eigenvalue weighted by Crippen LogP contribution is -2.40. The Balaban J connectivity index is 2.24. The lowest BCUT2D eigenvalue weighted by molar-refractivity contribution is 0.0866. The Morgan fingerprint density at radius 2 is 1.74 bits per heavy atom. The average Bonchev–Trinajstić information content (AvgIpc) is 2.86. The number of ketones is 1. The van der Waals surface area contributed by atoms with Gasteiger partial charge in [-0.05, 0) is 58.9 Å². The highest BCUT2D eigenvalue weighted by Crippen LogP contribution is 2.16. The van der Waals surface area contributed by atoms with Crippen molar-refractivity contribution in [2.45, 2.75) is 46.7 Å². The molecule has 0 N–H and O–H groups in total. The summed E-state index contributed by atoms with van der Waals surface area (Å²) in [6, 6.07) is 6.67. The molecular weight excluding hydrogens is 293 g/mol. The van der Waals surface area contributed by atoms with Crippen LogP contribution in [0.2, 0.25) is 0 Å². The maximum absolute atomic E-state index is 13.0. The molecule has 2 rings (SSSR count). The second-order valence-electron chi connectivity index (χ2n) is 6.31. The van der Waals surface area contributed by atoms with E-state index in [9.17, 15) is 9.18 Å². The highest BCUT2D eigenvalue weighted by molar-refractivity contribution is 5.98. The molecule has 0 radical (unpaired) electrons. The molecule has 1 aromatic heterocycles. The van der Waals surface area contributed by atoms with Crippen molar-refractivity contribution in [2.24, 2.45) is 0 Å². The van der Waals surface area contributed by atoms with E-state index < -0.39 is 0 Å². The summed E-state index contributed by atoms with van der Waals surface area (Å²) >= 11 is 0. The van der Waals surface area contributed by atoms with E-state index in [0.717, 1.165) is 11.4 Å². The van der Waals surface area contributed by atoms with Gasteiger partial charge in [0.2, 0.25) is 0 Å². The Morgan fingerprint density at radius 3 is 2.26 bits per heavy atom. The van der Waals surface area contributed by atoms with Crippen LogP contribution in [0.3, 0.4) is 0 Å². The Morgan fingerprint density at radius 1 is 1.17 bits per heavy atom. The standard InChI is InChI=1S/C18H24FN3O/c1-12(2)21(13(3)4)11-18(23)17-10-20-22(14(17)5)16-8-6-15(19)7-9-16/h6-10,12-13H,11H2,1-5H3. The lowest BCUT2D eigenvalue weighted by Gasteiger charge is -2.29. The van der Waals surface area contributed by atoms with Gasteiger partial charge in [-0.15, -0.1) is 0 Å². The van der Waals surface area contributed by atoms with Gasteiger partial charge in [0.15, 0.2) is 5.78 Å². The molecule has 0 spiro atoms. The smallest absolute Gasteiger partial charge is 0.180 e. The first kappa shape index (κ1) is 17.3. The first-order valence-electron chi connectivity index (χ1n) is 7.90. The summed E-state index contributed by atoms with van der Waals surface area (Å²) in [4.78, 5) is 14.8. The molecular formula is C18H24FN3O. The maximum atomic E-state index is 13.0. The minimum absolute atomic E-state index is 0.0539. The van der Waals surface area contributed by atoms with Crippen LogP contribution in [0.5, 0.6) is 0 Å².